The molecule has 2 heteroatoms. The first-order valence-electron chi connectivity index (χ1n) is 8.62. The summed E-state index contributed by atoms with van der Waals surface area (Å²) in [6.07, 6.45) is 11.7. The number of ether oxygens (including phenoxy) is 2. The van der Waals surface area contributed by atoms with E-state index in [2.05, 4.69) is 19.1 Å². The second-order valence-electron chi connectivity index (χ2n) is 7.79. The standard InChI is InChI=1S/C18H28O2/c1-2-18(11-20-12-18)10-19-9-14-7-13-8-17(14)16-6-4-3-5-15(13)16/h3-4,13-17H,2,5-12H2,1H3. The third kappa shape index (κ3) is 2.07. The van der Waals surface area contributed by atoms with Gasteiger partial charge < -0.3 is 9.47 Å². The summed E-state index contributed by atoms with van der Waals surface area (Å²) in [4.78, 5) is 0. The van der Waals surface area contributed by atoms with Crippen molar-refractivity contribution in [3.05, 3.63) is 12.2 Å². The molecule has 4 rings (SSSR count). The van der Waals surface area contributed by atoms with Gasteiger partial charge in [0.2, 0.25) is 0 Å². The van der Waals surface area contributed by atoms with Crippen molar-refractivity contribution in [3.63, 3.8) is 0 Å². The molecule has 2 bridgehead atoms. The van der Waals surface area contributed by atoms with Crippen LogP contribution in [0.15, 0.2) is 12.2 Å². The maximum Gasteiger partial charge on any atom is 0.0566 e. The Morgan fingerprint density at radius 3 is 2.60 bits per heavy atom. The number of fused-ring (bicyclic) bond motifs is 5. The van der Waals surface area contributed by atoms with Gasteiger partial charge in [-0.25, -0.2) is 0 Å². The van der Waals surface area contributed by atoms with Gasteiger partial charge in [-0.2, -0.15) is 0 Å². The van der Waals surface area contributed by atoms with E-state index in [1.54, 1.807) is 0 Å². The second kappa shape index (κ2) is 5.14. The molecule has 2 saturated carbocycles. The van der Waals surface area contributed by atoms with Crippen LogP contribution in [0.25, 0.3) is 0 Å². The second-order valence-corrected chi connectivity index (χ2v) is 7.79. The fraction of sp³-hybridized carbons (Fsp3) is 0.889. The van der Waals surface area contributed by atoms with Crippen molar-refractivity contribution in [2.24, 2.45) is 35.0 Å². The van der Waals surface area contributed by atoms with E-state index in [1.165, 1.54) is 32.1 Å². The van der Waals surface area contributed by atoms with Gasteiger partial charge in [-0.15, -0.1) is 0 Å². The predicted molar refractivity (Wildman–Crippen MR) is 79.4 cm³/mol. The summed E-state index contributed by atoms with van der Waals surface area (Å²) in [7, 11) is 0. The third-order valence-electron chi connectivity index (χ3n) is 6.78. The SMILES string of the molecule is CCC1(COCC2CC3CC2C2CC=CCC32)COC1. The highest BCUT2D eigenvalue weighted by Gasteiger charge is 2.52. The molecular formula is C18H28O2. The Morgan fingerprint density at radius 1 is 1.10 bits per heavy atom. The lowest BCUT2D eigenvalue weighted by atomic mass is 9.69. The highest BCUT2D eigenvalue weighted by atomic mass is 16.5. The largest absolute Gasteiger partial charge is 0.380 e. The Kier molecular flexibility index (Phi) is 3.42. The summed E-state index contributed by atoms with van der Waals surface area (Å²) in [5.41, 5.74) is 0.355. The Hall–Kier alpha value is -0.340. The molecule has 2 nitrogen and oxygen atoms in total. The molecule has 1 heterocycles. The minimum absolute atomic E-state index is 0.355. The van der Waals surface area contributed by atoms with E-state index in [9.17, 15) is 0 Å². The molecule has 0 N–H and O–H groups in total. The molecule has 4 aliphatic rings. The van der Waals surface area contributed by atoms with Gasteiger partial charge in [0.1, 0.15) is 0 Å². The van der Waals surface area contributed by atoms with Crippen LogP contribution in [0.5, 0.6) is 0 Å². The summed E-state index contributed by atoms with van der Waals surface area (Å²) in [5.74, 6) is 4.83. The molecule has 1 aliphatic heterocycles. The van der Waals surface area contributed by atoms with E-state index in [4.69, 9.17) is 9.47 Å². The molecule has 0 radical (unpaired) electrons. The zero-order valence-corrected chi connectivity index (χ0v) is 12.7. The van der Waals surface area contributed by atoms with Gasteiger partial charge in [0.05, 0.1) is 19.8 Å². The normalized spacial score (nSPS) is 44.4. The lowest BCUT2D eigenvalue weighted by Crippen LogP contribution is -2.46. The van der Waals surface area contributed by atoms with Crippen molar-refractivity contribution in [2.45, 2.75) is 39.0 Å². The minimum Gasteiger partial charge on any atom is -0.380 e. The van der Waals surface area contributed by atoms with Crippen LogP contribution in [0.2, 0.25) is 0 Å². The Bertz CT molecular complexity index is 379. The third-order valence-corrected chi connectivity index (χ3v) is 6.78. The zero-order valence-electron chi connectivity index (χ0n) is 12.7. The molecule has 5 atom stereocenters. The van der Waals surface area contributed by atoms with E-state index in [0.29, 0.717) is 5.41 Å². The molecule has 0 spiro atoms. The van der Waals surface area contributed by atoms with Gasteiger partial charge in [-0.3, -0.25) is 0 Å². The van der Waals surface area contributed by atoms with Gasteiger partial charge in [0.25, 0.3) is 0 Å². The first-order valence-corrected chi connectivity index (χ1v) is 8.62. The quantitative estimate of drug-likeness (QED) is 0.713. The van der Waals surface area contributed by atoms with Crippen molar-refractivity contribution in [1.29, 1.82) is 0 Å². The van der Waals surface area contributed by atoms with Crippen LogP contribution in [-0.4, -0.2) is 26.4 Å². The van der Waals surface area contributed by atoms with Crippen LogP contribution in [0.4, 0.5) is 0 Å². The van der Waals surface area contributed by atoms with E-state index in [-0.39, 0.29) is 0 Å². The summed E-state index contributed by atoms with van der Waals surface area (Å²) in [6.45, 7) is 6.02. The van der Waals surface area contributed by atoms with Crippen LogP contribution < -0.4 is 0 Å². The molecule has 1 saturated heterocycles. The number of allylic oxidation sites excluding steroid dienone is 2. The van der Waals surface area contributed by atoms with Crippen molar-refractivity contribution in [3.8, 4) is 0 Å². The van der Waals surface area contributed by atoms with Crippen LogP contribution in [0.1, 0.15) is 39.0 Å². The van der Waals surface area contributed by atoms with Gasteiger partial charge in [0, 0.05) is 12.0 Å². The van der Waals surface area contributed by atoms with Crippen LogP contribution in [-0.2, 0) is 9.47 Å². The zero-order chi connectivity index (χ0) is 13.6. The molecule has 20 heavy (non-hydrogen) atoms. The Balaban J connectivity index is 1.30. The van der Waals surface area contributed by atoms with E-state index in [0.717, 1.165) is 56.0 Å². The number of hydrogen-bond donors (Lipinski definition) is 0. The highest BCUT2D eigenvalue weighted by Crippen LogP contribution is 2.58. The Morgan fingerprint density at radius 2 is 1.90 bits per heavy atom. The highest BCUT2D eigenvalue weighted by molar-refractivity contribution is 5.07. The summed E-state index contributed by atoms with van der Waals surface area (Å²) < 4.78 is 11.5. The van der Waals surface area contributed by atoms with Gasteiger partial charge in [-0.05, 0) is 61.7 Å². The molecular weight excluding hydrogens is 248 g/mol. The predicted octanol–water partition coefficient (Wildman–Crippen LogP) is 3.67. The lowest BCUT2D eigenvalue weighted by molar-refractivity contribution is -0.154. The Labute approximate surface area is 122 Å². The van der Waals surface area contributed by atoms with Crippen molar-refractivity contribution >= 4 is 0 Å². The van der Waals surface area contributed by atoms with E-state index in [1.807, 2.05) is 0 Å². The average molecular weight is 276 g/mol. The fourth-order valence-corrected chi connectivity index (χ4v) is 5.37. The first kappa shape index (κ1) is 13.3. The van der Waals surface area contributed by atoms with Crippen molar-refractivity contribution < 1.29 is 9.47 Å². The maximum atomic E-state index is 6.15. The summed E-state index contributed by atoms with van der Waals surface area (Å²) >= 11 is 0. The molecule has 0 aromatic carbocycles. The van der Waals surface area contributed by atoms with Crippen LogP contribution in [0.3, 0.4) is 0 Å². The van der Waals surface area contributed by atoms with Crippen LogP contribution >= 0.6 is 0 Å². The first-order chi connectivity index (χ1) is 9.81. The van der Waals surface area contributed by atoms with Gasteiger partial charge in [0.15, 0.2) is 0 Å². The monoisotopic (exact) mass is 276 g/mol. The maximum absolute atomic E-state index is 6.15. The summed E-state index contributed by atoms with van der Waals surface area (Å²) in [5, 5.41) is 0. The summed E-state index contributed by atoms with van der Waals surface area (Å²) in [6, 6.07) is 0. The fourth-order valence-electron chi connectivity index (χ4n) is 5.37. The number of hydrogen-bond acceptors (Lipinski definition) is 2. The smallest absolute Gasteiger partial charge is 0.0566 e. The van der Waals surface area contributed by atoms with E-state index >= 15 is 0 Å². The van der Waals surface area contributed by atoms with Crippen molar-refractivity contribution in [1.82, 2.24) is 0 Å². The molecule has 0 aromatic rings. The van der Waals surface area contributed by atoms with Crippen molar-refractivity contribution in [2.75, 3.05) is 26.4 Å². The van der Waals surface area contributed by atoms with Gasteiger partial charge >= 0.3 is 0 Å². The average Bonchev–Trinajstić information content (AvgIpc) is 3.01. The minimum atomic E-state index is 0.355. The lowest BCUT2D eigenvalue weighted by Gasteiger charge is -2.41. The molecule has 3 fully saturated rings. The molecule has 0 aromatic heterocycles. The van der Waals surface area contributed by atoms with Gasteiger partial charge in [-0.1, -0.05) is 19.1 Å². The molecule has 112 valence electrons. The number of rotatable bonds is 5. The topological polar surface area (TPSA) is 18.5 Å². The van der Waals surface area contributed by atoms with Crippen LogP contribution in [0, 0.1) is 35.0 Å². The molecule has 5 unspecified atom stereocenters. The molecule has 0 amide bonds. The molecule has 3 aliphatic carbocycles. The van der Waals surface area contributed by atoms with E-state index < -0.39 is 0 Å².